The number of hydrogen-bond acceptors (Lipinski definition) is 2. The van der Waals surface area contributed by atoms with E-state index in [1.54, 1.807) is 0 Å². The van der Waals surface area contributed by atoms with Crippen LogP contribution in [0.2, 0.25) is 0 Å². The van der Waals surface area contributed by atoms with E-state index in [-0.39, 0.29) is 11.9 Å². The molecule has 0 spiro atoms. The minimum absolute atomic E-state index is 0.0153. The summed E-state index contributed by atoms with van der Waals surface area (Å²) < 4.78 is 1.02. The third-order valence-electron chi connectivity index (χ3n) is 2.46. The molecule has 0 radical (unpaired) electrons. The van der Waals surface area contributed by atoms with Gasteiger partial charge in [-0.3, -0.25) is 4.79 Å². The number of benzene rings is 1. The van der Waals surface area contributed by atoms with E-state index in [4.69, 9.17) is 0 Å². The quantitative estimate of drug-likeness (QED) is 0.793. The summed E-state index contributed by atoms with van der Waals surface area (Å²) >= 11 is 3.48. The SMILES string of the molecule is CCCNCC(=O)NC(C)c1ccccc1Br. The number of rotatable bonds is 6. The molecule has 2 N–H and O–H groups in total. The molecule has 1 atom stereocenters. The van der Waals surface area contributed by atoms with Crippen molar-refractivity contribution in [3.05, 3.63) is 34.3 Å². The Morgan fingerprint density at radius 2 is 2.12 bits per heavy atom. The second kappa shape index (κ2) is 7.45. The fourth-order valence-corrected chi connectivity index (χ4v) is 2.20. The summed E-state index contributed by atoms with van der Waals surface area (Å²) in [6.45, 7) is 5.31. The lowest BCUT2D eigenvalue weighted by Crippen LogP contribution is -2.35. The second-order valence-electron chi connectivity index (χ2n) is 3.99. The molecule has 1 amide bonds. The van der Waals surface area contributed by atoms with Gasteiger partial charge in [-0.25, -0.2) is 0 Å². The Labute approximate surface area is 111 Å². The van der Waals surface area contributed by atoms with Gasteiger partial charge >= 0.3 is 0 Å². The minimum Gasteiger partial charge on any atom is -0.348 e. The molecule has 0 aliphatic heterocycles. The molecule has 17 heavy (non-hydrogen) atoms. The van der Waals surface area contributed by atoms with Gasteiger partial charge in [-0.2, -0.15) is 0 Å². The average molecular weight is 299 g/mol. The van der Waals surface area contributed by atoms with Crippen LogP contribution in [0.1, 0.15) is 31.9 Å². The molecule has 1 aromatic rings. The fourth-order valence-electron chi connectivity index (χ4n) is 1.58. The summed E-state index contributed by atoms with van der Waals surface area (Å²) in [5.41, 5.74) is 1.09. The van der Waals surface area contributed by atoms with Crippen LogP contribution < -0.4 is 10.6 Å². The lowest BCUT2D eigenvalue weighted by molar-refractivity contribution is -0.120. The molecule has 0 aliphatic rings. The standard InChI is InChI=1S/C13H19BrN2O/c1-3-8-15-9-13(17)16-10(2)11-6-4-5-7-12(11)14/h4-7,10,15H,3,8-9H2,1-2H3,(H,16,17). The third-order valence-corrected chi connectivity index (χ3v) is 3.18. The molecule has 1 aromatic carbocycles. The Morgan fingerprint density at radius 3 is 2.76 bits per heavy atom. The van der Waals surface area contributed by atoms with Gasteiger partial charge in [0.05, 0.1) is 12.6 Å². The van der Waals surface area contributed by atoms with Crippen LogP contribution in [0.25, 0.3) is 0 Å². The van der Waals surface area contributed by atoms with Gasteiger partial charge in [0.1, 0.15) is 0 Å². The molecule has 0 saturated carbocycles. The first-order valence-corrected chi connectivity index (χ1v) is 6.69. The predicted molar refractivity (Wildman–Crippen MR) is 73.9 cm³/mol. The first kappa shape index (κ1) is 14.2. The van der Waals surface area contributed by atoms with Crippen LogP contribution in [0.3, 0.4) is 0 Å². The monoisotopic (exact) mass is 298 g/mol. The average Bonchev–Trinajstić information content (AvgIpc) is 2.29. The van der Waals surface area contributed by atoms with Gasteiger partial charge < -0.3 is 10.6 Å². The van der Waals surface area contributed by atoms with E-state index in [0.29, 0.717) is 6.54 Å². The van der Waals surface area contributed by atoms with Crippen LogP contribution in [0, 0.1) is 0 Å². The van der Waals surface area contributed by atoms with Crippen LogP contribution >= 0.6 is 15.9 Å². The highest BCUT2D eigenvalue weighted by Gasteiger charge is 2.11. The first-order valence-electron chi connectivity index (χ1n) is 5.89. The highest BCUT2D eigenvalue weighted by molar-refractivity contribution is 9.10. The van der Waals surface area contributed by atoms with Crippen molar-refractivity contribution in [2.45, 2.75) is 26.3 Å². The second-order valence-corrected chi connectivity index (χ2v) is 4.84. The zero-order valence-electron chi connectivity index (χ0n) is 10.3. The van der Waals surface area contributed by atoms with Crippen molar-refractivity contribution in [2.75, 3.05) is 13.1 Å². The van der Waals surface area contributed by atoms with Gasteiger partial charge in [-0.05, 0) is 31.5 Å². The third kappa shape index (κ3) is 4.88. The molecule has 0 fully saturated rings. The maximum absolute atomic E-state index is 11.6. The van der Waals surface area contributed by atoms with Gasteiger partial charge in [0.2, 0.25) is 5.91 Å². The topological polar surface area (TPSA) is 41.1 Å². The van der Waals surface area contributed by atoms with Gasteiger partial charge in [0, 0.05) is 4.47 Å². The van der Waals surface area contributed by atoms with E-state index < -0.39 is 0 Å². The van der Waals surface area contributed by atoms with Gasteiger partial charge in [-0.1, -0.05) is 41.1 Å². The molecule has 1 unspecified atom stereocenters. The Hall–Kier alpha value is -0.870. The normalized spacial score (nSPS) is 12.2. The van der Waals surface area contributed by atoms with Crippen molar-refractivity contribution in [3.63, 3.8) is 0 Å². The predicted octanol–water partition coefficient (Wildman–Crippen LogP) is 2.63. The van der Waals surface area contributed by atoms with E-state index in [1.165, 1.54) is 0 Å². The van der Waals surface area contributed by atoms with Gasteiger partial charge in [0.25, 0.3) is 0 Å². The first-order chi connectivity index (χ1) is 8.15. The molecule has 3 nitrogen and oxygen atoms in total. The van der Waals surface area contributed by atoms with Crippen LogP contribution in [-0.2, 0) is 4.79 Å². The molecule has 0 bridgehead atoms. The van der Waals surface area contributed by atoms with Crippen LogP contribution in [0.4, 0.5) is 0 Å². The molecular weight excluding hydrogens is 280 g/mol. The van der Waals surface area contributed by atoms with Crippen molar-refractivity contribution in [1.82, 2.24) is 10.6 Å². The summed E-state index contributed by atoms with van der Waals surface area (Å²) in [5.74, 6) is 0.0294. The molecular formula is C13H19BrN2O. The van der Waals surface area contributed by atoms with Crippen LogP contribution in [-0.4, -0.2) is 19.0 Å². The summed E-state index contributed by atoms with van der Waals surface area (Å²) in [5, 5.41) is 6.05. The highest BCUT2D eigenvalue weighted by Crippen LogP contribution is 2.22. The molecule has 1 rings (SSSR count). The number of carbonyl (C=O) groups excluding carboxylic acids is 1. The van der Waals surface area contributed by atoms with Crippen molar-refractivity contribution >= 4 is 21.8 Å². The van der Waals surface area contributed by atoms with E-state index in [0.717, 1.165) is 23.0 Å². The molecule has 0 aliphatic carbocycles. The Bertz CT molecular complexity index is 368. The summed E-state index contributed by atoms with van der Waals surface area (Å²) in [7, 11) is 0. The van der Waals surface area contributed by atoms with Crippen molar-refractivity contribution < 1.29 is 4.79 Å². The molecule has 4 heteroatoms. The number of carbonyl (C=O) groups is 1. The highest BCUT2D eigenvalue weighted by atomic mass is 79.9. The molecule has 0 aromatic heterocycles. The zero-order valence-corrected chi connectivity index (χ0v) is 11.9. The van der Waals surface area contributed by atoms with E-state index in [1.807, 2.05) is 31.2 Å². The Morgan fingerprint density at radius 1 is 1.41 bits per heavy atom. The van der Waals surface area contributed by atoms with E-state index in [9.17, 15) is 4.79 Å². The van der Waals surface area contributed by atoms with Crippen molar-refractivity contribution in [2.24, 2.45) is 0 Å². The maximum atomic E-state index is 11.6. The van der Waals surface area contributed by atoms with Crippen LogP contribution in [0.5, 0.6) is 0 Å². The zero-order chi connectivity index (χ0) is 12.7. The molecule has 0 heterocycles. The van der Waals surface area contributed by atoms with E-state index in [2.05, 4.69) is 33.5 Å². The van der Waals surface area contributed by atoms with Crippen molar-refractivity contribution in [3.8, 4) is 0 Å². The van der Waals surface area contributed by atoms with Crippen LogP contribution in [0.15, 0.2) is 28.7 Å². The largest absolute Gasteiger partial charge is 0.348 e. The Kier molecular flexibility index (Phi) is 6.22. The number of nitrogens with one attached hydrogen (secondary N) is 2. The minimum atomic E-state index is 0.0153. The van der Waals surface area contributed by atoms with E-state index >= 15 is 0 Å². The summed E-state index contributed by atoms with van der Waals surface area (Å²) in [6, 6.07) is 7.94. The number of halogens is 1. The smallest absolute Gasteiger partial charge is 0.234 e. The lowest BCUT2D eigenvalue weighted by atomic mass is 10.1. The lowest BCUT2D eigenvalue weighted by Gasteiger charge is -2.16. The summed E-state index contributed by atoms with van der Waals surface area (Å²) in [6.07, 6.45) is 1.03. The number of amides is 1. The van der Waals surface area contributed by atoms with Crippen molar-refractivity contribution in [1.29, 1.82) is 0 Å². The molecule has 0 saturated heterocycles. The summed E-state index contributed by atoms with van der Waals surface area (Å²) in [4.78, 5) is 11.6. The van der Waals surface area contributed by atoms with Gasteiger partial charge in [0.15, 0.2) is 0 Å². The number of hydrogen-bond donors (Lipinski definition) is 2. The van der Waals surface area contributed by atoms with Gasteiger partial charge in [-0.15, -0.1) is 0 Å². The molecule has 94 valence electrons. The Balaban J connectivity index is 2.46. The fraction of sp³-hybridized carbons (Fsp3) is 0.462. The maximum Gasteiger partial charge on any atom is 0.234 e.